The van der Waals surface area contributed by atoms with Crippen LogP contribution in [0.25, 0.3) is 5.57 Å². The lowest BCUT2D eigenvalue weighted by atomic mass is 9.47. The number of aromatic nitrogens is 3. The molecule has 1 aromatic rings. The number of hydrogen-bond acceptors (Lipinski definition) is 6. The molecule has 2 rings (SSSR count). The van der Waals surface area contributed by atoms with Crippen LogP contribution in [0.5, 0.6) is 0 Å². The molecule has 1 aromatic heterocycles. The largest absolute Gasteiger partial charge is 0.408 e. The first-order valence-electron chi connectivity index (χ1n) is 9.02. The number of aliphatic hydroxyl groups is 1. The van der Waals surface area contributed by atoms with Gasteiger partial charge in [-0.1, -0.05) is 11.6 Å². The predicted octanol–water partition coefficient (Wildman–Crippen LogP) is 1.81. The lowest BCUT2D eigenvalue weighted by molar-refractivity contribution is -0.139. The average Bonchev–Trinajstić information content (AvgIpc) is 2.58. The first-order valence-corrected chi connectivity index (χ1v) is 9.02. The summed E-state index contributed by atoms with van der Waals surface area (Å²) in [6.07, 6.45) is -10.6. The van der Waals surface area contributed by atoms with Gasteiger partial charge in [0.2, 0.25) is 11.9 Å². The summed E-state index contributed by atoms with van der Waals surface area (Å²) in [5.74, 6) is -2.80. The van der Waals surface area contributed by atoms with Crippen LogP contribution in [0.15, 0.2) is 5.83 Å². The zero-order chi connectivity index (χ0) is 23.1. The number of halogens is 7. The number of rotatable bonds is 5. The minimum absolute atomic E-state index is 0.0302. The molecule has 0 aliphatic heterocycles. The van der Waals surface area contributed by atoms with Crippen molar-refractivity contribution < 1.29 is 35.8 Å². The number of hydrogen-bond donors (Lipinski definition) is 3. The molecule has 1 aliphatic rings. The summed E-state index contributed by atoms with van der Waals surface area (Å²) in [4.78, 5) is 11.1. The average molecular weight is 441 g/mol. The molecule has 1 aliphatic carbocycles. The molecule has 0 aromatic carbocycles. The zero-order valence-corrected chi connectivity index (χ0v) is 16.6. The summed E-state index contributed by atoms with van der Waals surface area (Å²) in [7, 11) is 3.24. The van der Waals surface area contributed by atoms with E-state index in [2.05, 4.69) is 15.0 Å². The third-order valence-electron chi connectivity index (χ3n) is 4.87. The third-order valence-corrected chi connectivity index (χ3v) is 4.87. The van der Waals surface area contributed by atoms with Crippen LogP contribution in [0.4, 0.5) is 42.6 Å². The Balaban J connectivity index is 2.50. The van der Waals surface area contributed by atoms with Crippen molar-refractivity contribution in [2.45, 2.75) is 62.4 Å². The second-order valence-electron chi connectivity index (χ2n) is 7.84. The van der Waals surface area contributed by atoms with E-state index in [0.29, 0.717) is 6.42 Å². The van der Waals surface area contributed by atoms with Gasteiger partial charge in [-0.2, -0.15) is 41.3 Å². The van der Waals surface area contributed by atoms with Crippen LogP contribution in [0.3, 0.4) is 0 Å². The van der Waals surface area contributed by atoms with Crippen LogP contribution in [-0.4, -0.2) is 66.3 Å². The van der Waals surface area contributed by atoms with Gasteiger partial charge in [0.15, 0.2) is 5.82 Å². The first kappa shape index (κ1) is 24.2. The van der Waals surface area contributed by atoms with Crippen molar-refractivity contribution in [2.24, 2.45) is 0 Å². The van der Waals surface area contributed by atoms with Gasteiger partial charge in [0.25, 0.3) is 0 Å². The van der Waals surface area contributed by atoms with Crippen molar-refractivity contribution in [3.8, 4) is 0 Å². The predicted molar refractivity (Wildman–Crippen MR) is 101 cm³/mol. The Bertz CT molecular complexity index is 775. The highest BCUT2D eigenvalue weighted by molar-refractivity contribution is 6.40. The highest BCUT2D eigenvalue weighted by Crippen LogP contribution is 2.43. The Hall–Kier alpha value is -2.05. The van der Waals surface area contributed by atoms with Crippen LogP contribution in [-0.2, 0) is 0 Å². The number of nitrogens with zero attached hydrogens (tertiary/aromatic N) is 3. The normalized spacial score (nSPS) is 21.9. The quantitative estimate of drug-likeness (QED) is 0.478. The SMILES string of the molecule is BC1(B)CCC(c2nc(N[C@@H](C)C(F)(F)F)nc(N[C@H](C)C(F)(F)F)n2)=C(F)C1O. The van der Waals surface area contributed by atoms with E-state index in [-0.39, 0.29) is 12.0 Å². The maximum Gasteiger partial charge on any atom is 0.408 e. The van der Waals surface area contributed by atoms with Crippen LogP contribution >= 0.6 is 0 Å². The van der Waals surface area contributed by atoms with Crippen LogP contribution in [0.2, 0.25) is 5.21 Å². The highest BCUT2D eigenvalue weighted by atomic mass is 19.4. The van der Waals surface area contributed by atoms with Crippen molar-refractivity contribution in [2.75, 3.05) is 10.6 Å². The summed E-state index contributed by atoms with van der Waals surface area (Å²) in [6.45, 7) is 1.53. The van der Waals surface area contributed by atoms with E-state index in [1.807, 2.05) is 10.6 Å². The Morgan fingerprint density at radius 2 is 1.40 bits per heavy atom. The Morgan fingerprint density at radius 3 is 1.80 bits per heavy atom. The molecule has 3 atom stereocenters. The van der Waals surface area contributed by atoms with E-state index < -0.39 is 59.3 Å². The fraction of sp³-hybridized carbons (Fsp3) is 0.667. The van der Waals surface area contributed by atoms with Crippen LogP contribution in [0, 0.1) is 0 Å². The molecular formula is C15H20B2F7N5O. The van der Waals surface area contributed by atoms with Crippen molar-refractivity contribution >= 4 is 33.2 Å². The fourth-order valence-corrected chi connectivity index (χ4v) is 2.62. The van der Waals surface area contributed by atoms with Gasteiger partial charge in [0, 0.05) is 5.57 Å². The van der Waals surface area contributed by atoms with E-state index in [4.69, 9.17) is 0 Å². The van der Waals surface area contributed by atoms with Crippen molar-refractivity contribution in [1.29, 1.82) is 0 Å². The first-order chi connectivity index (χ1) is 13.5. The molecule has 0 bridgehead atoms. The Kier molecular flexibility index (Phi) is 6.65. The minimum atomic E-state index is -4.69. The molecule has 0 amide bonds. The van der Waals surface area contributed by atoms with E-state index in [1.165, 1.54) is 0 Å². The van der Waals surface area contributed by atoms with Gasteiger partial charge >= 0.3 is 12.4 Å². The number of alkyl halides is 6. The highest BCUT2D eigenvalue weighted by Gasteiger charge is 2.40. The van der Waals surface area contributed by atoms with E-state index >= 15 is 0 Å². The molecule has 30 heavy (non-hydrogen) atoms. The number of nitrogens with one attached hydrogen (secondary N) is 2. The molecule has 3 N–H and O–H groups in total. The number of allylic oxidation sites excluding steroid dienone is 1. The van der Waals surface area contributed by atoms with Gasteiger partial charge in [-0.05, 0) is 20.3 Å². The van der Waals surface area contributed by atoms with Gasteiger partial charge < -0.3 is 15.7 Å². The van der Waals surface area contributed by atoms with Gasteiger partial charge in [0.05, 0.1) is 6.10 Å². The van der Waals surface area contributed by atoms with Gasteiger partial charge in [0.1, 0.15) is 33.6 Å². The van der Waals surface area contributed by atoms with Crippen molar-refractivity contribution in [1.82, 2.24) is 15.0 Å². The van der Waals surface area contributed by atoms with E-state index in [1.54, 1.807) is 15.7 Å². The molecule has 15 heteroatoms. The van der Waals surface area contributed by atoms with Crippen molar-refractivity contribution in [3.05, 3.63) is 11.7 Å². The molecule has 0 spiro atoms. The summed E-state index contributed by atoms with van der Waals surface area (Å²) < 4.78 is 91.8. The molecule has 0 saturated heterocycles. The fourth-order valence-electron chi connectivity index (χ4n) is 2.62. The number of anilines is 2. The van der Waals surface area contributed by atoms with E-state index in [0.717, 1.165) is 13.8 Å². The summed E-state index contributed by atoms with van der Waals surface area (Å²) >= 11 is 0. The van der Waals surface area contributed by atoms with Crippen LogP contribution in [0.1, 0.15) is 32.5 Å². The Labute approximate surface area is 169 Å². The summed E-state index contributed by atoms with van der Waals surface area (Å²) in [6, 6.07) is -4.26. The molecule has 0 fully saturated rings. The number of aliphatic hydroxyl groups excluding tert-OH is 1. The molecule has 1 unspecified atom stereocenters. The second kappa shape index (κ2) is 8.23. The zero-order valence-electron chi connectivity index (χ0n) is 16.6. The monoisotopic (exact) mass is 441 g/mol. The van der Waals surface area contributed by atoms with Gasteiger partial charge in [-0.15, -0.1) is 0 Å². The molecule has 166 valence electrons. The smallest absolute Gasteiger partial charge is 0.387 e. The van der Waals surface area contributed by atoms with Gasteiger partial charge in [-0.25, -0.2) is 4.39 Å². The molecule has 0 saturated carbocycles. The van der Waals surface area contributed by atoms with Crippen molar-refractivity contribution in [3.63, 3.8) is 0 Å². The molecule has 6 nitrogen and oxygen atoms in total. The summed E-state index contributed by atoms with van der Waals surface area (Å²) in [5, 5.41) is 13.2. The standard InChI is InChI=1S/C15H20B2F7N5O/c1-5(14(19,20)21)25-11-27-10(7-3-4-13(16,17)9(30)8(7)18)28-12(29-11)26-6(2)15(22,23)24/h5-6,9,30H,3-4,16-17H2,1-2H3,(H2,25,26,27,28,29)/t5-,6+,9?. The van der Waals surface area contributed by atoms with Gasteiger partial charge in [-0.3, -0.25) is 0 Å². The maximum atomic E-state index is 14.7. The lowest BCUT2D eigenvalue weighted by Crippen LogP contribution is -2.36. The maximum absolute atomic E-state index is 14.7. The lowest BCUT2D eigenvalue weighted by Gasteiger charge is -2.35. The topological polar surface area (TPSA) is 83.0 Å². The molecule has 1 heterocycles. The second-order valence-corrected chi connectivity index (χ2v) is 7.84. The van der Waals surface area contributed by atoms with E-state index in [9.17, 15) is 35.8 Å². The molecule has 0 radical (unpaired) electrons. The third kappa shape index (κ3) is 5.55. The Morgan fingerprint density at radius 1 is 0.967 bits per heavy atom. The summed E-state index contributed by atoms with van der Waals surface area (Å²) in [5.41, 5.74) is -0.199. The van der Waals surface area contributed by atoms with Crippen LogP contribution < -0.4 is 10.6 Å². The minimum Gasteiger partial charge on any atom is -0.387 e. The molecular weight excluding hydrogens is 421 g/mol.